The van der Waals surface area contributed by atoms with Gasteiger partial charge in [-0.1, -0.05) is 38.1 Å². The number of piperazine rings is 1. The van der Waals surface area contributed by atoms with E-state index in [0.29, 0.717) is 5.92 Å². The number of hydrogen-bond acceptors (Lipinski definition) is 3. The van der Waals surface area contributed by atoms with Crippen molar-refractivity contribution in [2.24, 2.45) is 0 Å². The minimum absolute atomic E-state index is 0.117. The van der Waals surface area contributed by atoms with Crippen molar-refractivity contribution < 1.29 is 4.79 Å². The van der Waals surface area contributed by atoms with Crippen LogP contribution in [0.2, 0.25) is 0 Å². The van der Waals surface area contributed by atoms with Gasteiger partial charge >= 0.3 is 0 Å². The van der Waals surface area contributed by atoms with Gasteiger partial charge in [0.05, 0.1) is 0 Å². The van der Waals surface area contributed by atoms with Gasteiger partial charge in [0.15, 0.2) is 0 Å². The molecule has 3 rings (SSSR count). The minimum atomic E-state index is 0.117. The molecule has 1 fully saturated rings. The van der Waals surface area contributed by atoms with Crippen molar-refractivity contribution in [3.05, 3.63) is 65.5 Å². The van der Waals surface area contributed by atoms with Crippen LogP contribution in [0, 0.1) is 0 Å². The third kappa shape index (κ3) is 4.67. The highest BCUT2D eigenvalue weighted by molar-refractivity contribution is 5.94. The topological polar surface area (TPSA) is 36.4 Å². The Labute approximate surface area is 150 Å². The first-order chi connectivity index (χ1) is 12.1. The second-order valence-electron chi connectivity index (χ2n) is 7.02. The maximum absolute atomic E-state index is 12.5. The molecule has 132 valence electrons. The molecule has 4 nitrogen and oxygen atoms in total. The fraction of sp³-hybridized carbons (Fsp3) is 0.429. The van der Waals surface area contributed by atoms with E-state index in [1.54, 1.807) is 24.5 Å². The number of hydrogen-bond donors (Lipinski definition) is 0. The standard InChI is InChI=1S/C21H27N3O/c1-17(2)19-5-3-18(4-6-19)9-12-23-13-15-24(16-14-23)21(25)20-7-10-22-11-8-20/h3-8,10-11,17H,9,12-16H2,1-2H3. The van der Waals surface area contributed by atoms with Crippen molar-refractivity contribution in [2.45, 2.75) is 26.2 Å². The molecule has 25 heavy (non-hydrogen) atoms. The van der Waals surface area contributed by atoms with Crippen LogP contribution in [0.3, 0.4) is 0 Å². The van der Waals surface area contributed by atoms with Crippen molar-refractivity contribution in [1.29, 1.82) is 0 Å². The molecule has 0 radical (unpaired) electrons. The lowest BCUT2D eigenvalue weighted by atomic mass is 10.0. The normalized spacial score (nSPS) is 15.6. The summed E-state index contributed by atoms with van der Waals surface area (Å²) >= 11 is 0. The molecule has 2 aromatic rings. The van der Waals surface area contributed by atoms with E-state index in [9.17, 15) is 4.79 Å². The van der Waals surface area contributed by atoms with Gasteiger partial charge in [-0.05, 0) is 35.6 Å². The predicted molar refractivity (Wildman–Crippen MR) is 101 cm³/mol. The zero-order chi connectivity index (χ0) is 17.6. The van der Waals surface area contributed by atoms with Crippen LogP contribution in [0.25, 0.3) is 0 Å². The fourth-order valence-electron chi connectivity index (χ4n) is 3.21. The third-order valence-electron chi connectivity index (χ3n) is 4.95. The Morgan fingerprint density at radius 1 is 1.00 bits per heavy atom. The fourth-order valence-corrected chi connectivity index (χ4v) is 3.21. The Kier molecular flexibility index (Phi) is 5.82. The highest BCUT2D eigenvalue weighted by Crippen LogP contribution is 2.15. The Balaban J connectivity index is 1.45. The summed E-state index contributed by atoms with van der Waals surface area (Å²) in [5, 5.41) is 0. The van der Waals surface area contributed by atoms with E-state index in [0.717, 1.165) is 44.7 Å². The Hall–Kier alpha value is -2.20. The van der Waals surface area contributed by atoms with Gasteiger partial charge in [0, 0.05) is 50.7 Å². The number of rotatable bonds is 5. The van der Waals surface area contributed by atoms with Gasteiger partial charge in [-0.2, -0.15) is 0 Å². The van der Waals surface area contributed by atoms with Gasteiger partial charge in [-0.3, -0.25) is 14.7 Å². The summed E-state index contributed by atoms with van der Waals surface area (Å²) < 4.78 is 0. The molecule has 0 unspecified atom stereocenters. The lowest BCUT2D eigenvalue weighted by Gasteiger charge is -2.34. The maximum atomic E-state index is 12.5. The number of amides is 1. The molecule has 1 aliphatic heterocycles. The van der Waals surface area contributed by atoms with Crippen LogP contribution in [0.5, 0.6) is 0 Å². The largest absolute Gasteiger partial charge is 0.336 e. The van der Waals surface area contributed by atoms with E-state index in [2.05, 4.69) is 48.0 Å². The van der Waals surface area contributed by atoms with Gasteiger partial charge in [-0.25, -0.2) is 0 Å². The van der Waals surface area contributed by atoms with Crippen molar-refractivity contribution in [2.75, 3.05) is 32.7 Å². The van der Waals surface area contributed by atoms with E-state index >= 15 is 0 Å². The summed E-state index contributed by atoms with van der Waals surface area (Å²) in [6.07, 6.45) is 4.42. The molecule has 0 aliphatic carbocycles. The number of benzene rings is 1. The van der Waals surface area contributed by atoms with Crippen LogP contribution in [0.4, 0.5) is 0 Å². The van der Waals surface area contributed by atoms with Crippen LogP contribution in [0.15, 0.2) is 48.8 Å². The van der Waals surface area contributed by atoms with Crippen LogP contribution < -0.4 is 0 Å². The average Bonchev–Trinajstić information content (AvgIpc) is 2.67. The molecule has 1 saturated heterocycles. The third-order valence-corrected chi connectivity index (χ3v) is 4.95. The molecule has 4 heteroatoms. The van der Waals surface area contributed by atoms with Gasteiger partial charge in [0.1, 0.15) is 0 Å². The number of carbonyl (C=O) groups excluding carboxylic acids is 1. The van der Waals surface area contributed by atoms with Crippen molar-refractivity contribution in [3.63, 3.8) is 0 Å². The molecular formula is C21H27N3O. The first-order valence-electron chi connectivity index (χ1n) is 9.14. The SMILES string of the molecule is CC(C)c1ccc(CCN2CCN(C(=O)c3ccncc3)CC2)cc1. The minimum Gasteiger partial charge on any atom is -0.336 e. The number of aromatic nitrogens is 1. The quantitative estimate of drug-likeness (QED) is 0.841. The van der Waals surface area contributed by atoms with E-state index < -0.39 is 0 Å². The zero-order valence-corrected chi connectivity index (χ0v) is 15.2. The second kappa shape index (κ2) is 8.26. The molecule has 1 aromatic heterocycles. The maximum Gasteiger partial charge on any atom is 0.254 e. The Bertz CT molecular complexity index is 674. The molecular weight excluding hydrogens is 310 g/mol. The van der Waals surface area contributed by atoms with Crippen molar-refractivity contribution in [3.8, 4) is 0 Å². The van der Waals surface area contributed by atoms with Gasteiger partial charge in [0.25, 0.3) is 5.91 Å². The van der Waals surface area contributed by atoms with Crippen molar-refractivity contribution >= 4 is 5.91 Å². The molecule has 1 aliphatic rings. The molecule has 1 amide bonds. The molecule has 0 atom stereocenters. The molecule has 1 aromatic carbocycles. The summed E-state index contributed by atoms with van der Waals surface area (Å²) in [5.41, 5.74) is 3.51. The highest BCUT2D eigenvalue weighted by atomic mass is 16.2. The first-order valence-corrected chi connectivity index (χ1v) is 9.14. The van der Waals surface area contributed by atoms with Crippen LogP contribution in [0.1, 0.15) is 41.3 Å². The van der Waals surface area contributed by atoms with Gasteiger partial charge in [-0.15, -0.1) is 0 Å². The summed E-state index contributed by atoms with van der Waals surface area (Å²) in [7, 11) is 0. The smallest absolute Gasteiger partial charge is 0.254 e. The zero-order valence-electron chi connectivity index (χ0n) is 15.2. The highest BCUT2D eigenvalue weighted by Gasteiger charge is 2.21. The summed E-state index contributed by atoms with van der Waals surface area (Å²) in [6.45, 7) is 8.99. The second-order valence-corrected chi connectivity index (χ2v) is 7.02. The Morgan fingerprint density at radius 2 is 1.64 bits per heavy atom. The van der Waals surface area contributed by atoms with Crippen LogP contribution in [-0.2, 0) is 6.42 Å². The van der Waals surface area contributed by atoms with Crippen LogP contribution in [-0.4, -0.2) is 53.4 Å². The molecule has 0 saturated carbocycles. The summed E-state index contributed by atoms with van der Waals surface area (Å²) in [6, 6.07) is 12.6. The molecule has 0 spiro atoms. The van der Waals surface area contributed by atoms with Crippen LogP contribution >= 0.6 is 0 Å². The summed E-state index contributed by atoms with van der Waals surface area (Å²) in [5.74, 6) is 0.700. The van der Waals surface area contributed by atoms with Gasteiger partial charge < -0.3 is 4.90 Å². The van der Waals surface area contributed by atoms with E-state index in [1.165, 1.54) is 11.1 Å². The molecule has 0 N–H and O–H groups in total. The van der Waals surface area contributed by atoms with Crippen molar-refractivity contribution in [1.82, 2.24) is 14.8 Å². The predicted octanol–water partition coefficient (Wildman–Crippen LogP) is 3.21. The Morgan fingerprint density at radius 3 is 2.24 bits per heavy atom. The van der Waals surface area contributed by atoms with E-state index in [4.69, 9.17) is 0 Å². The number of nitrogens with zero attached hydrogens (tertiary/aromatic N) is 3. The van der Waals surface area contributed by atoms with Gasteiger partial charge in [0.2, 0.25) is 0 Å². The number of pyridine rings is 1. The molecule has 2 heterocycles. The average molecular weight is 337 g/mol. The van der Waals surface area contributed by atoms with E-state index in [1.807, 2.05) is 4.90 Å². The molecule has 0 bridgehead atoms. The summed E-state index contributed by atoms with van der Waals surface area (Å²) in [4.78, 5) is 20.8. The first kappa shape index (κ1) is 17.6. The lowest BCUT2D eigenvalue weighted by Crippen LogP contribution is -2.49. The monoisotopic (exact) mass is 337 g/mol. The lowest BCUT2D eigenvalue weighted by molar-refractivity contribution is 0.0638. The van der Waals surface area contributed by atoms with E-state index in [-0.39, 0.29) is 5.91 Å². The number of carbonyl (C=O) groups is 1.